The largest absolute Gasteiger partial charge is 0.477 e. The van der Waals surface area contributed by atoms with Crippen molar-refractivity contribution >= 4 is 28.6 Å². The van der Waals surface area contributed by atoms with Gasteiger partial charge in [-0.1, -0.05) is 36.9 Å². The number of allylic oxidation sites excluding steroid dienone is 1. The van der Waals surface area contributed by atoms with Crippen LogP contribution in [0.25, 0.3) is 0 Å². The number of nitrogens with one attached hydrogen (secondary N) is 1. The van der Waals surface area contributed by atoms with E-state index in [2.05, 4.69) is 11.9 Å². The highest BCUT2D eigenvalue weighted by molar-refractivity contribution is 7.90. The third-order valence-corrected chi connectivity index (χ3v) is 5.38. The summed E-state index contributed by atoms with van der Waals surface area (Å²) in [5, 5.41) is 10.8. The Morgan fingerprint density at radius 3 is 2.58 bits per heavy atom. The van der Waals surface area contributed by atoms with E-state index in [1.807, 2.05) is 6.07 Å². The Morgan fingerprint density at radius 1 is 1.29 bits per heavy atom. The van der Waals surface area contributed by atoms with Gasteiger partial charge in [0, 0.05) is 4.91 Å². The average molecular weight is 346 g/mol. The number of aliphatic carboxylic acids is 1. The SMILES string of the molecule is C=C1C=C(C(=O)O)N2C(=O)C(NC(=O)Cc3ccccc3)[C@H]2S1=O. The number of rotatable bonds is 4. The van der Waals surface area contributed by atoms with Crippen LogP contribution in [0.5, 0.6) is 0 Å². The molecule has 3 rings (SSSR count). The predicted molar refractivity (Wildman–Crippen MR) is 85.7 cm³/mol. The number of carbonyl (C=O) groups is 3. The molecular weight excluding hydrogens is 332 g/mol. The van der Waals surface area contributed by atoms with Gasteiger partial charge in [0.1, 0.15) is 17.1 Å². The Bertz CT molecular complexity index is 802. The Morgan fingerprint density at radius 2 is 1.96 bits per heavy atom. The van der Waals surface area contributed by atoms with Gasteiger partial charge in [-0.3, -0.25) is 18.7 Å². The summed E-state index contributed by atoms with van der Waals surface area (Å²) in [6, 6.07) is 7.96. The quantitative estimate of drug-likeness (QED) is 0.754. The number of carbonyl (C=O) groups excluding carboxylic acids is 2. The number of β-lactam (4-membered cyclic amide) rings is 1. The highest BCUT2D eigenvalue weighted by atomic mass is 32.2. The van der Waals surface area contributed by atoms with Crippen molar-refractivity contribution in [3.8, 4) is 0 Å². The van der Waals surface area contributed by atoms with Gasteiger partial charge in [0.15, 0.2) is 0 Å². The molecule has 2 unspecified atom stereocenters. The van der Waals surface area contributed by atoms with Crippen LogP contribution in [-0.4, -0.2) is 43.4 Å². The molecule has 1 aromatic carbocycles. The third-order valence-electron chi connectivity index (χ3n) is 3.82. The second-order valence-corrected chi connectivity index (χ2v) is 7.01. The topological polar surface area (TPSA) is 104 Å². The number of hydrogen-bond donors (Lipinski definition) is 2. The molecule has 1 fully saturated rings. The first-order valence-electron chi connectivity index (χ1n) is 7.11. The molecule has 1 aromatic rings. The van der Waals surface area contributed by atoms with Crippen molar-refractivity contribution in [2.45, 2.75) is 17.8 Å². The van der Waals surface area contributed by atoms with E-state index in [1.54, 1.807) is 24.3 Å². The molecule has 8 heteroatoms. The van der Waals surface area contributed by atoms with Crippen LogP contribution in [0.15, 0.2) is 53.6 Å². The molecule has 2 amide bonds. The van der Waals surface area contributed by atoms with Crippen LogP contribution >= 0.6 is 0 Å². The molecule has 0 aliphatic carbocycles. The summed E-state index contributed by atoms with van der Waals surface area (Å²) >= 11 is 0. The van der Waals surface area contributed by atoms with E-state index < -0.39 is 40.0 Å². The third kappa shape index (κ3) is 2.65. The van der Waals surface area contributed by atoms with Crippen LogP contribution in [-0.2, 0) is 31.6 Å². The lowest BCUT2D eigenvalue weighted by atomic mass is 10.0. The van der Waals surface area contributed by atoms with Crippen molar-refractivity contribution in [2.24, 2.45) is 0 Å². The lowest BCUT2D eigenvalue weighted by Crippen LogP contribution is -2.73. The Balaban J connectivity index is 1.75. The summed E-state index contributed by atoms with van der Waals surface area (Å²) < 4.78 is 12.3. The van der Waals surface area contributed by atoms with E-state index in [9.17, 15) is 18.6 Å². The molecule has 2 heterocycles. The van der Waals surface area contributed by atoms with Crippen LogP contribution in [0.1, 0.15) is 5.56 Å². The maximum Gasteiger partial charge on any atom is 0.352 e. The van der Waals surface area contributed by atoms with Crippen LogP contribution in [0.3, 0.4) is 0 Å². The fraction of sp³-hybridized carbons (Fsp3) is 0.188. The van der Waals surface area contributed by atoms with Gasteiger partial charge >= 0.3 is 5.97 Å². The van der Waals surface area contributed by atoms with Gasteiger partial charge in [-0.05, 0) is 11.6 Å². The fourth-order valence-corrected chi connectivity index (χ4v) is 4.06. The standard InChI is InChI=1S/C16H14N2O5S/c1-9-7-11(16(21)22)18-14(20)13(15(18)24(9)23)17-12(19)8-10-5-3-2-4-6-10/h2-7,13,15H,1,8H2,(H,17,19)(H,21,22)/t13?,15-,24?/m1/s1. The molecule has 2 aliphatic rings. The fourth-order valence-electron chi connectivity index (χ4n) is 2.68. The number of carboxylic acid groups (broad SMARTS) is 1. The van der Waals surface area contributed by atoms with Crippen LogP contribution in [0.4, 0.5) is 0 Å². The number of nitrogens with zero attached hydrogens (tertiary/aromatic N) is 1. The lowest BCUT2D eigenvalue weighted by Gasteiger charge is -2.48. The Hall–Kier alpha value is -2.74. The summed E-state index contributed by atoms with van der Waals surface area (Å²) in [7, 11) is -1.67. The van der Waals surface area contributed by atoms with Gasteiger partial charge < -0.3 is 10.4 Å². The van der Waals surface area contributed by atoms with Gasteiger partial charge in [0.05, 0.1) is 17.2 Å². The normalized spacial score (nSPS) is 25.4. The molecule has 3 atom stereocenters. The smallest absolute Gasteiger partial charge is 0.352 e. The summed E-state index contributed by atoms with van der Waals surface area (Å²) in [4.78, 5) is 36.6. The first-order valence-corrected chi connectivity index (χ1v) is 8.32. The predicted octanol–water partition coefficient (Wildman–Crippen LogP) is 0.127. The van der Waals surface area contributed by atoms with Crippen molar-refractivity contribution < 1.29 is 23.7 Å². The first-order chi connectivity index (χ1) is 11.4. The molecule has 7 nitrogen and oxygen atoms in total. The van der Waals surface area contributed by atoms with E-state index in [0.717, 1.165) is 16.5 Å². The van der Waals surface area contributed by atoms with Gasteiger partial charge in [-0.25, -0.2) is 4.79 Å². The van der Waals surface area contributed by atoms with Crippen molar-refractivity contribution in [2.75, 3.05) is 0 Å². The number of amides is 2. The average Bonchev–Trinajstić information content (AvgIpc) is 2.55. The summed E-state index contributed by atoms with van der Waals surface area (Å²) in [6.45, 7) is 3.56. The highest BCUT2D eigenvalue weighted by Crippen LogP contribution is 2.35. The Labute approximate surface area is 140 Å². The maximum absolute atomic E-state index is 12.3. The summed E-state index contributed by atoms with van der Waals surface area (Å²) in [5.74, 6) is -2.29. The zero-order valence-corrected chi connectivity index (χ0v) is 13.3. The molecule has 1 saturated heterocycles. The molecule has 2 N–H and O–H groups in total. The number of hydrogen-bond acceptors (Lipinski definition) is 4. The highest BCUT2D eigenvalue weighted by Gasteiger charge is 2.56. The Kier molecular flexibility index (Phi) is 4.06. The number of fused-ring (bicyclic) bond motifs is 1. The van der Waals surface area contributed by atoms with Gasteiger partial charge in [-0.15, -0.1) is 0 Å². The molecule has 0 bridgehead atoms. The van der Waals surface area contributed by atoms with E-state index >= 15 is 0 Å². The molecule has 24 heavy (non-hydrogen) atoms. The maximum atomic E-state index is 12.3. The van der Waals surface area contributed by atoms with Crippen molar-refractivity contribution in [3.63, 3.8) is 0 Å². The van der Waals surface area contributed by atoms with Crippen LogP contribution in [0, 0.1) is 0 Å². The zero-order valence-electron chi connectivity index (χ0n) is 12.5. The molecule has 0 radical (unpaired) electrons. The first kappa shape index (κ1) is 16.1. The monoisotopic (exact) mass is 346 g/mol. The molecule has 0 aromatic heterocycles. The summed E-state index contributed by atoms with van der Waals surface area (Å²) in [5.41, 5.74) is 0.502. The van der Waals surface area contributed by atoms with Crippen molar-refractivity contribution in [1.29, 1.82) is 0 Å². The minimum atomic E-state index is -1.67. The molecule has 0 spiro atoms. The van der Waals surface area contributed by atoms with E-state index in [0.29, 0.717) is 0 Å². The van der Waals surface area contributed by atoms with Gasteiger partial charge in [0.25, 0.3) is 5.91 Å². The second-order valence-electron chi connectivity index (χ2n) is 5.40. The lowest BCUT2D eigenvalue weighted by molar-refractivity contribution is -0.150. The molecule has 2 aliphatic heterocycles. The van der Waals surface area contributed by atoms with E-state index in [1.165, 1.54) is 0 Å². The number of benzene rings is 1. The minimum absolute atomic E-state index is 0.0759. The van der Waals surface area contributed by atoms with Crippen molar-refractivity contribution in [3.05, 3.63) is 59.2 Å². The van der Waals surface area contributed by atoms with Crippen LogP contribution < -0.4 is 5.32 Å². The zero-order chi connectivity index (χ0) is 17.4. The minimum Gasteiger partial charge on any atom is -0.477 e. The summed E-state index contributed by atoms with van der Waals surface area (Å²) in [6.07, 6.45) is 1.20. The van der Waals surface area contributed by atoms with Crippen LogP contribution in [0.2, 0.25) is 0 Å². The van der Waals surface area contributed by atoms with Gasteiger partial charge in [-0.2, -0.15) is 0 Å². The number of carboxylic acids is 1. The molecule has 124 valence electrons. The van der Waals surface area contributed by atoms with E-state index in [4.69, 9.17) is 5.11 Å². The van der Waals surface area contributed by atoms with Gasteiger partial charge in [0.2, 0.25) is 5.91 Å². The second kappa shape index (κ2) is 6.04. The van der Waals surface area contributed by atoms with Crippen molar-refractivity contribution in [1.82, 2.24) is 10.2 Å². The van der Waals surface area contributed by atoms with E-state index in [-0.39, 0.29) is 17.0 Å². The molecule has 0 saturated carbocycles. The molecular formula is C16H14N2O5S.